The number of nitrogens with zero attached hydrogens (tertiary/aromatic N) is 3. The number of nitrogens with two attached hydrogens (primary N) is 1. The maximum Gasteiger partial charge on any atom is 0.233 e. The van der Waals surface area contributed by atoms with Gasteiger partial charge in [-0.05, 0) is 20.8 Å². The number of hydrogen-bond donors (Lipinski definition) is 1. The Kier molecular flexibility index (Phi) is 4.82. The van der Waals surface area contributed by atoms with Gasteiger partial charge in [-0.3, -0.25) is 4.79 Å². The largest absolute Gasteiger partial charge is 0.384 e. The molecule has 1 aromatic heterocycles. The van der Waals surface area contributed by atoms with Crippen LogP contribution >= 0.6 is 11.8 Å². The Labute approximate surface area is 123 Å². The number of ether oxygens (including phenoxy) is 1. The molecule has 1 aliphatic rings. The van der Waals surface area contributed by atoms with Crippen molar-refractivity contribution in [2.45, 2.75) is 38.1 Å². The van der Waals surface area contributed by atoms with Crippen LogP contribution in [0.4, 0.5) is 5.82 Å². The normalized spacial score (nSPS) is 22.9. The first-order valence-electron chi connectivity index (χ1n) is 6.61. The molecule has 1 saturated heterocycles. The summed E-state index contributed by atoms with van der Waals surface area (Å²) in [5.41, 5.74) is 6.48. The Morgan fingerprint density at radius 2 is 2.10 bits per heavy atom. The van der Waals surface area contributed by atoms with Crippen LogP contribution < -0.4 is 5.73 Å². The zero-order valence-corrected chi connectivity index (χ0v) is 12.8. The highest BCUT2D eigenvalue weighted by atomic mass is 32.2. The molecule has 6 nitrogen and oxygen atoms in total. The molecule has 0 bridgehead atoms. The molecule has 0 spiro atoms. The molecule has 0 aromatic carbocycles. The Hall–Kier alpha value is -1.34. The molecule has 2 atom stereocenters. The number of aromatic nitrogens is 2. The molecule has 7 heteroatoms. The number of morpholine rings is 1. The highest BCUT2D eigenvalue weighted by Gasteiger charge is 2.25. The summed E-state index contributed by atoms with van der Waals surface area (Å²) in [4.78, 5) is 22.4. The number of nitrogen functional groups attached to an aromatic ring is 1. The van der Waals surface area contributed by atoms with E-state index in [0.29, 0.717) is 29.8 Å². The second-order valence-corrected chi connectivity index (χ2v) is 6.00. The predicted octanol–water partition coefficient (Wildman–Crippen LogP) is 1.10. The fraction of sp³-hybridized carbons (Fsp3) is 0.615. The fourth-order valence-electron chi connectivity index (χ4n) is 2.23. The SMILES string of the molecule is Cc1cc(N)nc(SCC(=O)N2C[C@@H](C)O[C@H](C)C2)n1. The van der Waals surface area contributed by atoms with Crippen LogP contribution in [-0.2, 0) is 9.53 Å². The number of carbonyl (C=O) groups excluding carboxylic acids is 1. The molecule has 110 valence electrons. The second-order valence-electron chi connectivity index (χ2n) is 5.06. The third kappa shape index (κ3) is 4.08. The van der Waals surface area contributed by atoms with E-state index in [1.54, 1.807) is 6.07 Å². The molecule has 20 heavy (non-hydrogen) atoms. The summed E-state index contributed by atoms with van der Waals surface area (Å²) in [5.74, 6) is 0.837. The van der Waals surface area contributed by atoms with Gasteiger partial charge >= 0.3 is 0 Å². The van der Waals surface area contributed by atoms with Gasteiger partial charge in [0.05, 0.1) is 18.0 Å². The van der Waals surface area contributed by atoms with Crippen LogP contribution in [0.3, 0.4) is 0 Å². The molecule has 2 heterocycles. The molecule has 2 rings (SSSR count). The van der Waals surface area contributed by atoms with Gasteiger partial charge in [-0.1, -0.05) is 11.8 Å². The quantitative estimate of drug-likeness (QED) is 0.664. The van der Waals surface area contributed by atoms with E-state index in [-0.39, 0.29) is 18.1 Å². The molecule has 1 amide bonds. The van der Waals surface area contributed by atoms with Crippen molar-refractivity contribution < 1.29 is 9.53 Å². The third-order valence-electron chi connectivity index (χ3n) is 2.95. The van der Waals surface area contributed by atoms with Crippen LogP contribution in [0.5, 0.6) is 0 Å². The molecule has 0 aliphatic carbocycles. The van der Waals surface area contributed by atoms with Crippen molar-refractivity contribution in [3.63, 3.8) is 0 Å². The average Bonchev–Trinajstić information content (AvgIpc) is 2.33. The lowest BCUT2D eigenvalue weighted by atomic mass is 10.2. The second kappa shape index (κ2) is 6.41. The number of hydrogen-bond acceptors (Lipinski definition) is 6. The maximum absolute atomic E-state index is 12.2. The van der Waals surface area contributed by atoms with E-state index in [4.69, 9.17) is 10.5 Å². The van der Waals surface area contributed by atoms with Crippen molar-refractivity contribution in [3.8, 4) is 0 Å². The van der Waals surface area contributed by atoms with Crippen LogP contribution in [0.25, 0.3) is 0 Å². The van der Waals surface area contributed by atoms with Crippen molar-refractivity contribution in [3.05, 3.63) is 11.8 Å². The van der Waals surface area contributed by atoms with Crippen LogP contribution in [0.1, 0.15) is 19.5 Å². The minimum absolute atomic E-state index is 0.0820. The first-order chi connectivity index (χ1) is 9.44. The molecule has 1 aromatic rings. The van der Waals surface area contributed by atoms with Gasteiger partial charge in [-0.25, -0.2) is 9.97 Å². The van der Waals surface area contributed by atoms with Gasteiger partial charge in [0, 0.05) is 24.8 Å². The number of amides is 1. The Bertz CT molecular complexity index is 467. The minimum atomic E-state index is 0.0820. The predicted molar refractivity (Wildman–Crippen MR) is 78.5 cm³/mol. The summed E-state index contributed by atoms with van der Waals surface area (Å²) in [6.45, 7) is 7.09. The van der Waals surface area contributed by atoms with Gasteiger partial charge in [-0.15, -0.1) is 0 Å². The van der Waals surface area contributed by atoms with Gasteiger partial charge in [-0.2, -0.15) is 0 Å². The molecule has 0 saturated carbocycles. The standard InChI is InChI=1S/C13H20N4O2S/c1-8-4-11(14)16-13(15-8)20-7-12(18)17-5-9(2)19-10(3)6-17/h4,9-10H,5-7H2,1-3H3,(H2,14,15,16)/t9-,10-/m1/s1. The smallest absolute Gasteiger partial charge is 0.233 e. The van der Waals surface area contributed by atoms with Gasteiger partial charge in [0.2, 0.25) is 5.91 Å². The number of aryl methyl sites for hydroxylation is 1. The Balaban J connectivity index is 1.91. The van der Waals surface area contributed by atoms with E-state index in [0.717, 1.165) is 5.69 Å². The van der Waals surface area contributed by atoms with Gasteiger partial charge in [0.1, 0.15) is 5.82 Å². The van der Waals surface area contributed by atoms with Crippen LogP contribution in [0.2, 0.25) is 0 Å². The number of carbonyl (C=O) groups is 1. The molecule has 0 unspecified atom stereocenters. The minimum Gasteiger partial charge on any atom is -0.384 e. The van der Waals surface area contributed by atoms with Crippen molar-refractivity contribution in [2.24, 2.45) is 0 Å². The lowest BCUT2D eigenvalue weighted by molar-refractivity contribution is -0.140. The van der Waals surface area contributed by atoms with Crippen LogP contribution in [0.15, 0.2) is 11.2 Å². The molecular formula is C13H20N4O2S. The zero-order valence-electron chi connectivity index (χ0n) is 12.0. The fourth-order valence-corrected chi connectivity index (χ4v) is 3.04. The molecule has 1 aliphatic heterocycles. The summed E-state index contributed by atoms with van der Waals surface area (Å²) in [6, 6.07) is 1.71. The monoisotopic (exact) mass is 296 g/mol. The zero-order chi connectivity index (χ0) is 14.7. The first-order valence-corrected chi connectivity index (χ1v) is 7.60. The third-order valence-corrected chi connectivity index (χ3v) is 3.78. The molecule has 0 radical (unpaired) electrons. The first kappa shape index (κ1) is 15.1. The number of anilines is 1. The van der Waals surface area contributed by atoms with Crippen molar-refractivity contribution in [1.29, 1.82) is 0 Å². The van der Waals surface area contributed by atoms with E-state index in [1.165, 1.54) is 11.8 Å². The summed E-state index contributed by atoms with van der Waals surface area (Å²) >= 11 is 1.32. The number of thioether (sulfide) groups is 1. The molecular weight excluding hydrogens is 276 g/mol. The van der Waals surface area contributed by atoms with Crippen molar-refractivity contribution in [2.75, 3.05) is 24.6 Å². The van der Waals surface area contributed by atoms with Crippen molar-refractivity contribution >= 4 is 23.5 Å². The average molecular weight is 296 g/mol. The lowest BCUT2D eigenvalue weighted by Gasteiger charge is -2.35. The van der Waals surface area contributed by atoms with Crippen LogP contribution in [0, 0.1) is 6.92 Å². The maximum atomic E-state index is 12.2. The van der Waals surface area contributed by atoms with E-state index in [1.807, 2.05) is 25.7 Å². The topological polar surface area (TPSA) is 81.3 Å². The summed E-state index contributed by atoms with van der Waals surface area (Å²) in [7, 11) is 0. The van der Waals surface area contributed by atoms with E-state index < -0.39 is 0 Å². The van der Waals surface area contributed by atoms with E-state index >= 15 is 0 Å². The Morgan fingerprint density at radius 1 is 1.45 bits per heavy atom. The van der Waals surface area contributed by atoms with Gasteiger partial charge in [0.25, 0.3) is 0 Å². The van der Waals surface area contributed by atoms with Gasteiger partial charge in [0.15, 0.2) is 5.16 Å². The molecule has 2 N–H and O–H groups in total. The number of rotatable bonds is 3. The summed E-state index contributed by atoms with van der Waals surface area (Å²) in [6.07, 6.45) is 0.164. The van der Waals surface area contributed by atoms with E-state index in [9.17, 15) is 4.79 Å². The van der Waals surface area contributed by atoms with E-state index in [2.05, 4.69) is 9.97 Å². The highest BCUT2D eigenvalue weighted by Crippen LogP contribution is 2.17. The lowest BCUT2D eigenvalue weighted by Crippen LogP contribution is -2.48. The highest BCUT2D eigenvalue weighted by molar-refractivity contribution is 7.99. The van der Waals surface area contributed by atoms with Gasteiger partial charge < -0.3 is 15.4 Å². The van der Waals surface area contributed by atoms with Crippen molar-refractivity contribution in [1.82, 2.24) is 14.9 Å². The van der Waals surface area contributed by atoms with Crippen LogP contribution in [-0.4, -0.2) is 51.8 Å². The summed E-state index contributed by atoms with van der Waals surface area (Å²) < 4.78 is 5.62. The summed E-state index contributed by atoms with van der Waals surface area (Å²) in [5, 5.41) is 0.546. The molecule has 1 fully saturated rings. The Morgan fingerprint density at radius 3 is 2.70 bits per heavy atom.